The Balaban J connectivity index is 1.42. The van der Waals surface area contributed by atoms with E-state index in [1.54, 1.807) is 0 Å². The zero-order valence-electron chi connectivity index (χ0n) is 19.4. The molecule has 0 aromatic carbocycles. The molecule has 0 spiro atoms. The van der Waals surface area contributed by atoms with E-state index in [1.807, 2.05) is 20.8 Å². The van der Waals surface area contributed by atoms with Crippen LogP contribution in [0.15, 0.2) is 0 Å². The van der Waals surface area contributed by atoms with E-state index in [1.165, 1.54) is 90.0 Å². The number of nitrogens with one attached hydrogen (secondary N) is 1. The number of rotatable bonds is 6. The molecule has 1 N–H and O–H groups in total. The van der Waals surface area contributed by atoms with Crippen molar-refractivity contribution in [3.8, 4) is 0 Å². The van der Waals surface area contributed by atoms with Gasteiger partial charge in [0.15, 0.2) is 0 Å². The Kier molecular flexibility index (Phi) is 8.70. The summed E-state index contributed by atoms with van der Waals surface area (Å²) in [6, 6.07) is 2.02. The molecule has 3 fully saturated rings. The fourth-order valence-electron chi connectivity index (χ4n) is 5.89. The molecular formula is C25H46N2O2. The van der Waals surface area contributed by atoms with Gasteiger partial charge in [-0.2, -0.15) is 0 Å². The van der Waals surface area contributed by atoms with Crippen LogP contribution in [0.5, 0.6) is 0 Å². The van der Waals surface area contributed by atoms with Crippen molar-refractivity contribution in [2.75, 3.05) is 6.54 Å². The van der Waals surface area contributed by atoms with Gasteiger partial charge in [0.1, 0.15) is 5.60 Å². The van der Waals surface area contributed by atoms with Gasteiger partial charge in [-0.15, -0.1) is 0 Å². The first-order valence-electron chi connectivity index (χ1n) is 12.7. The number of carbonyl (C=O) groups is 1. The molecule has 3 rings (SSSR count). The summed E-state index contributed by atoms with van der Waals surface area (Å²) in [4.78, 5) is 15.0. The lowest BCUT2D eigenvalue weighted by Gasteiger charge is -2.42. The van der Waals surface area contributed by atoms with Gasteiger partial charge in [0.25, 0.3) is 0 Å². The molecule has 4 nitrogen and oxygen atoms in total. The van der Waals surface area contributed by atoms with Crippen LogP contribution < -0.4 is 5.32 Å². The van der Waals surface area contributed by atoms with Gasteiger partial charge in [0, 0.05) is 18.1 Å². The molecule has 0 aromatic rings. The van der Waals surface area contributed by atoms with E-state index in [0.717, 1.165) is 30.8 Å². The van der Waals surface area contributed by atoms with Gasteiger partial charge < -0.3 is 10.1 Å². The summed E-state index contributed by atoms with van der Waals surface area (Å²) < 4.78 is 5.42. The number of hydrogen-bond acceptors (Lipinski definition) is 3. The van der Waals surface area contributed by atoms with Gasteiger partial charge in [-0.25, -0.2) is 4.79 Å². The summed E-state index contributed by atoms with van der Waals surface area (Å²) in [7, 11) is 0. The minimum atomic E-state index is -0.414. The molecule has 0 unspecified atom stereocenters. The maximum atomic E-state index is 12.0. The first-order valence-corrected chi connectivity index (χ1v) is 12.7. The molecule has 3 saturated carbocycles. The second-order valence-electron chi connectivity index (χ2n) is 11.0. The number of ether oxygens (including phenoxy) is 1. The van der Waals surface area contributed by atoms with Crippen LogP contribution in [0.25, 0.3) is 0 Å². The van der Waals surface area contributed by atoms with Crippen LogP contribution in [-0.4, -0.2) is 41.3 Å². The van der Waals surface area contributed by atoms with Gasteiger partial charge in [-0.3, -0.25) is 4.90 Å². The van der Waals surface area contributed by atoms with Crippen LogP contribution >= 0.6 is 0 Å². The highest BCUT2D eigenvalue weighted by atomic mass is 16.6. The summed E-state index contributed by atoms with van der Waals surface area (Å²) in [5.74, 6) is 0.835. The van der Waals surface area contributed by atoms with Crippen molar-refractivity contribution in [3.05, 3.63) is 0 Å². The summed E-state index contributed by atoms with van der Waals surface area (Å²) in [6.07, 6.45) is 20.2. The topological polar surface area (TPSA) is 41.6 Å². The summed E-state index contributed by atoms with van der Waals surface area (Å²) >= 11 is 0. The third-order valence-electron chi connectivity index (χ3n) is 7.45. The SMILES string of the molecule is CC(C)(C)OC(=O)NC1CCC(CCN(C2CCCCC2)C2CCCCC2)CC1. The third kappa shape index (κ3) is 7.77. The van der Waals surface area contributed by atoms with Crippen molar-refractivity contribution in [2.24, 2.45) is 5.92 Å². The van der Waals surface area contributed by atoms with Crippen LogP contribution in [-0.2, 0) is 4.74 Å². The van der Waals surface area contributed by atoms with E-state index in [2.05, 4.69) is 10.2 Å². The highest BCUT2D eigenvalue weighted by molar-refractivity contribution is 5.68. The molecule has 0 aromatic heterocycles. The highest BCUT2D eigenvalue weighted by Crippen LogP contribution is 2.33. The summed E-state index contributed by atoms with van der Waals surface area (Å²) in [5, 5.41) is 3.09. The van der Waals surface area contributed by atoms with Crippen molar-refractivity contribution in [2.45, 2.75) is 141 Å². The van der Waals surface area contributed by atoms with E-state index in [-0.39, 0.29) is 6.09 Å². The molecule has 3 aliphatic rings. The Morgan fingerprint density at radius 2 is 1.34 bits per heavy atom. The van der Waals surface area contributed by atoms with E-state index < -0.39 is 5.60 Å². The third-order valence-corrected chi connectivity index (χ3v) is 7.45. The molecule has 0 heterocycles. The van der Waals surface area contributed by atoms with Crippen molar-refractivity contribution >= 4 is 6.09 Å². The van der Waals surface area contributed by atoms with Gasteiger partial charge in [0.2, 0.25) is 0 Å². The number of nitrogens with zero attached hydrogens (tertiary/aromatic N) is 1. The van der Waals surface area contributed by atoms with Gasteiger partial charge in [-0.1, -0.05) is 38.5 Å². The van der Waals surface area contributed by atoms with Crippen LogP contribution in [0.1, 0.15) is 117 Å². The standard InChI is InChI=1S/C25H46N2O2/c1-25(2,3)29-24(28)26-21-16-14-20(15-17-21)18-19-27(22-10-6-4-7-11-22)23-12-8-5-9-13-23/h20-23H,4-19H2,1-3H3,(H,26,28). The Morgan fingerprint density at radius 3 is 1.83 bits per heavy atom. The molecular weight excluding hydrogens is 360 g/mol. The Labute approximate surface area is 179 Å². The lowest BCUT2D eigenvalue weighted by Crippen LogP contribution is -2.46. The molecule has 3 aliphatic carbocycles. The van der Waals surface area contributed by atoms with Crippen molar-refractivity contribution < 1.29 is 9.53 Å². The van der Waals surface area contributed by atoms with E-state index in [9.17, 15) is 4.79 Å². The van der Waals surface area contributed by atoms with Crippen molar-refractivity contribution in [1.29, 1.82) is 0 Å². The lowest BCUT2D eigenvalue weighted by atomic mass is 9.83. The molecule has 4 heteroatoms. The molecule has 0 bridgehead atoms. The number of carbonyl (C=O) groups excluding carboxylic acids is 1. The molecule has 168 valence electrons. The summed E-state index contributed by atoms with van der Waals surface area (Å²) in [6.45, 7) is 7.08. The Morgan fingerprint density at radius 1 is 0.828 bits per heavy atom. The molecule has 0 aliphatic heterocycles. The van der Waals surface area contributed by atoms with Crippen LogP contribution in [0.4, 0.5) is 4.79 Å². The molecule has 0 atom stereocenters. The second-order valence-corrected chi connectivity index (χ2v) is 11.0. The zero-order chi connectivity index (χ0) is 20.7. The fourth-order valence-corrected chi connectivity index (χ4v) is 5.89. The van der Waals surface area contributed by atoms with E-state index in [4.69, 9.17) is 4.74 Å². The average Bonchev–Trinajstić information content (AvgIpc) is 2.69. The van der Waals surface area contributed by atoms with Crippen LogP contribution in [0.2, 0.25) is 0 Å². The van der Waals surface area contributed by atoms with Gasteiger partial charge in [0.05, 0.1) is 0 Å². The minimum absolute atomic E-state index is 0.248. The van der Waals surface area contributed by atoms with Gasteiger partial charge >= 0.3 is 6.09 Å². The molecule has 29 heavy (non-hydrogen) atoms. The average molecular weight is 407 g/mol. The zero-order valence-corrected chi connectivity index (χ0v) is 19.4. The smallest absolute Gasteiger partial charge is 0.407 e. The monoisotopic (exact) mass is 406 g/mol. The molecule has 0 saturated heterocycles. The van der Waals surface area contributed by atoms with E-state index in [0.29, 0.717) is 6.04 Å². The minimum Gasteiger partial charge on any atom is -0.444 e. The lowest BCUT2D eigenvalue weighted by molar-refractivity contribution is 0.0478. The Hall–Kier alpha value is -0.770. The quantitative estimate of drug-likeness (QED) is 0.553. The second kappa shape index (κ2) is 11.0. The van der Waals surface area contributed by atoms with Crippen LogP contribution in [0, 0.1) is 5.92 Å². The van der Waals surface area contributed by atoms with Crippen LogP contribution in [0.3, 0.4) is 0 Å². The Bertz CT molecular complexity index is 464. The largest absolute Gasteiger partial charge is 0.444 e. The fraction of sp³-hybridized carbons (Fsp3) is 0.960. The predicted octanol–water partition coefficient (Wildman–Crippen LogP) is 6.43. The van der Waals surface area contributed by atoms with Crippen molar-refractivity contribution in [1.82, 2.24) is 10.2 Å². The molecule has 1 amide bonds. The summed E-state index contributed by atoms with van der Waals surface area (Å²) in [5.41, 5.74) is -0.414. The number of hydrogen-bond donors (Lipinski definition) is 1. The first-order chi connectivity index (χ1) is 13.9. The predicted molar refractivity (Wildman–Crippen MR) is 120 cm³/mol. The number of amides is 1. The highest BCUT2D eigenvalue weighted by Gasteiger charge is 2.30. The first kappa shape index (κ1) is 22.9. The maximum absolute atomic E-state index is 12.0. The van der Waals surface area contributed by atoms with Gasteiger partial charge in [-0.05, 0) is 91.0 Å². The number of alkyl carbamates (subject to hydrolysis) is 1. The maximum Gasteiger partial charge on any atom is 0.407 e. The van der Waals surface area contributed by atoms with E-state index >= 15 is 0 Å². The molecule has 0 radical (unpaired) electrons. The van der Waals surface area contributed by atoms with Crippen molar-refractivity contribution in [3.63, 3.8) is 0 Å². The normalized spacial score (nSPS) is 27.7.